The van der Waals surface area contributed by atoms with E-state index in [2.05, 4.69) is 58.1 Å². The lowest BCUT2D eigenvalue weighted by molar-refractivity contribution is 0.0884. The Kier molecular flexibility index (Phi) is 4.32. The second kappa shape index (κ2) is 5.64. The summed E-state index contributed by atoms with van der Waals surface area (Å²) in [5.41, 5.74) is 4.21. The number of benzene rings is 1. The van der Waals surface area contributed by atoms with Crippen LogP contribution in [0.1, 0.15) is 50.0 Å². The zero-order valence-electron chi connectivity index (χ0n) is 12.9. The van der Waals surface area contributed by atoms with E-state index in [1.54, 1.807) is 0 Å². The average Bonchev–Trinajstić information content (AvgIpc) is 2.77. The molecule has 0 aromatic heterocycles. The fourth-order valence-corrected chi connectivity index (χ4v) is 2.69. The fourth-order valence-electron chi connectivity index (χ4n) is 2.69. The smallest absolute Gasteiger partial charge is 0.0868 e. The van der Waals surface area contributed by atoms with Crippen molar-refractivity contribution in [3.05, 3.63) is 34.9 Å². The summed E-state index contributed by atoms with van der Waals surface area (Å²) >= 11 is 0. The minimum atomic E-state index is 0.175. The highest BCUT2D eigenvalue weighted by Crippen LogP contribution is 2.36. The quantitative estimate of drug-likeness (QED) is 0.894. The third-order valence-electron chi connectivity index (χ3n) is 3.85. The first-order valence-corrected chi connectivity index (χ1v) is 7.30. The van der Waals surface area contributed by atoms with Gasteiger partial charge >= 0.3 is 0 Å². The van der Waals surface area contributed by atoms with Crippen LogP contribution in [0.4, 0.5) is 0 Å². The summed E-state index contributed by atoms with van der Waals surface area (Å²) < 4.78 is 6.01. The van der Waals surface area contributed by atoms with Crippen LogP contribution in [0, 0.1) is 19.8 Å². The molecule has 0 bridgehead atoms. The molecule has 2 rings (SSSR count). The maximum atomic E-state index is 6.01. The fraction of sp³-hybridized carbons (Fsp3) is 0.647. The number of hydrogen-bond donors (Lipinski definition) is 1. The van der Waals surface area contributed by atoms with Crippen LogP contribution in [0.25, 0.3) is 0 Å². The minimum absolute atomic E-state index is 0.175. The molecule has 1 aliphatic heterocycles. The highest BCUT2D eigenvalue weighted by atomic mass is 16.5. The van der Waals surface area contributed by atoms with Gasteiger partial charge in [-0.3, -0.25) is 0 Å². The van der Waals surface area contributed by atoms with Crippen LogP contribution in [-0.2, 0) is 4.74 Å². The Bertz CT molecular complexity index is 433. The summed E-state index contributed by atoms with van der Waals surface area (Å²) in [5.74, 6) is 0.583. The van der Waals surface area contributed by atoms with Gasteiger partial charge < -0.3 is 10.1 Å². The van der Waals surface area contributed by atoms with E-state index in [0.29, 0.717) is 5.92 Å². The third-order valence-corrected chi connectivity index (χ3v) is 3.85. The molecule has 1 fully saturated rings. The predicted molar refractivity (Wildman–Crippen MR) is 80.5 cm³/mol. The Hall–Kier alpha value is -0.860. The first-order valence-electron chi connectivity index (χ1n) is 7.30. The van der Waals surface area contributed by atoms with E-state index in [9.17, 15) is 0 Å². The summed E-state index contributed by atoms with van der Waals surface area (Å²) in [6, 6.07) is 6.67. The number of nitrogens with one attached hydrogen (secondary N) is 1. The van der Waals surface area contributed by atoms with Crippen LogP contribution in [-0.4, -0.2) is 18.7 Å². The van der Waals surface area contributed by atoms with Gasteiger partial charge in [0.15, 0.2) is 0 Å². The molecule has 1 aliphatic rings. The standard InChI is InChI=1S/C17H27NO/c1-12-6-7-13(2)15(10-12)16-14(8-9-19-16)11-18-17(3,4)5/h6-7,10,14,16,18H,8-9,11H2,1-5H3. The molecule has 0 spiro atoms. The van der Waals surface area contributed by atoms with E-state index in [4.69, 9.17) is 4.74 Å². The van der Waals surface area contributed by atoms with E-state index in [1.807, 2.05) is 0 Å². The number of aryl methyl sites for hydroxylation is 2. The van der Waals surface area contributed by atoms with Gasteiger partial charge in [-0.1, -0.05) is 23.8 Å². The van der Waals surface area contributed by atoms with Crippen LogP contribution in [0.3, 0.4) is 0 Å². The van der Waals surface area contributed by atoms with Gasteiger partial charge in [0.2, 0.25) is 0 Å². The van der Waals surface area contributed by atoms with Crippen LogP contribution in [0.5, 0.6) is 0 Å². The summed E-state index contributed by atoms with van der Waals surface area (Å²) in [6.45, 7) is 12.9. The second-order valence-electron chi connectivity index (χ2n) is 6.83. The van der Waals surface area contributed by atoms with Gasteiger partial charge in [0, 0.05) is 24.6 Å². The average molecular weight is 261 g/mol. The molecule has 2 nitrogen and oxygen atoms in total. The summed E-state index contributed by atoms with van der Waals surface area (Å²) in [7, 11) is 0. The molecule has 1 aromatic rings. The molecule has 0 saturated carbocycles. The largest absolute Gasteiger partial charge is 0.373 e. The Morgan fingerprint density at radius 1 is 1.26 bits per heavy atom. The van der Waals surface area contributed by atoms with Crippen molar-refractivity contribution in [2.45, 2.75) is 52.7 Å². The number of rotatable bonds is 3. The SMILES string of the molecule is Cc1ccc(C)c(C2OCCC2CNC(C)(C)C)c1. The van der Waals surface area contributed by atoms with Gasteiger partial charge in [0.05, 0.1) is 6.10 Å². The molecule has 2 unspecified atom stereocenters. The van der Waals surface area contributed by atoms with E-state index in [-0.39, 0.29) is 11.6 Å². The zero-order valence-corrected chi connectivity index (χ0v) is 12.9. The minimum Gasteiger partial charge on any atom is -0.373 e. The van der Waals surface area contributed by atoms with E-state index >= 15 is 0 Å². The Labute approximate surface area is 117 Å². The topological polar surface area (TPSA) is 21.3 Å². The van der Waals surface area contributed by atoms with Crippen molar-refractivity contribution in [3.8, 4) is 0 Å². The second-order valence-corrected chi connectivity index (χ2v) is 6.83. The molecule has 2 heteroatoms. The molecular formula is C17H27NO. The zero-order chi connectivity index (χ0) is 14.0. The maximum Gasteiger partial charge on any atom is 0.0868 e. The lowest BCUT2D eigenvalue weighted by Crippen LogP contribution is -2.39. The number of hydrogen-bond acceptors (Lipinski definition) is 2. The van der Waals surface area contributed by atoms with E-state index in [0.717, 1.165) is 19.6 Å². The van der Waals surface area contributed by atoms with Crippen LogP contribution in [0.2, 0.25) is 0 Å². The Balaban J connectivity index is 2.12. The lowest BCUT2D eigenvalue weighted by Gasteiger charge is -2.26. The summed E-state index contributed by atoms with van der Waals surface area (Å²) in [6.07, 6.45) is 1.41. The molecule has 19 heavy (non-hydrogen) atoms. The van der Waals surface area contributed by atoms with Crippen LogP contribution >= 0.6 is 0 Å². The molecule has 2 atom stereocenters. The molecular weight excluding hydrogens is 234 g/mol. The van der Waals surface area contributed by atoms with Gasteiger partial charge in [-0.25, -0.2) is 0 Å². The van der Waals surface area contributed by atoms with Crippen molar-refractivity contribution in [2.75, 3.05) is 13.2 Å². The maximum absolute atomic E-state index is 6.01. The third kappa shape index (κ3) is 3.80. The Morgan fingerprint density at radius 3 is 2.68 bits per heavy atom. The van der Waals surface area contributed by atoms with Crippen molar-refractivity contribution in [3.63, 3.8) is 0 Å². The monoisotopic (exact) mass is 261 g/mol. The highest BCUT2D eigenvalue weighted by Gasteiger charge is 2.31. The van der Waals surface area contributed by atoms with Crippen LogP contribution < -0.4 is 5.32 Å². The molecule has 0 amide bonds. The van der Waals surface area contributed by atoms with Crippen molar-refractivity contribution >= 4 is 0 Å². The predicted octanol–water partition coefficient (Wildman–Crippen LogP) is 3.77. The highest BCUT2D eigenvalue weighted by molar-refractivity contribution is 5.33. The van der Waals surface area contributed by atoms with E-state index in [1.165, 1.54) is 16.7 Å². The van der Waals surface area contributed by atoms with E-state index < -0.39 is 0 Å². The summed E-state index contributed by atoms with van der Waals surface area (Å²) in [5, 5.41) is 3.62. The van der Waals surface area contributed by atoms with Crippen molar-refractivity contribution in [2.24, 2.45) is 5.92 Å². The normalized spacial score (nSPS) is 23.8. The molecule has 0 radical (unpaired) electrons. The van der Waals surface area contributed by atoms with Crippen molar-refractivity contribution in [1.29, 1.82) is 0 Å². The number of ether oxygens (including phenoxy) is 1. The molecule has 1 aromatic carbocycles. The summed E-state index contributed by atoms with van der Waals surface area (Å²) in [4.78, 5) is 0. The first kappa shape index (κ1) is 14.5. The molecule has 1 N–H and O–H groups in total. The first-order chi connectivity index (χ1) is 8.87. The molecule has 0 aliphatic carbocycles. The molecule has 1 saturated heterocycles. The van der Waals surface area contributed by atoms with Gasteiger partial charge in [-0.05, 0) is 52.2 Å². The van der Waals surface area contributed by atoms with Crippen LogP contribution in [0.15, 0.2) is 18.2 Å². The molecule has 106 valence electrons. The molecule has 1 heterocycles. The van der Waals surface area contributed by atoms with Crippen molar-refractivity contribution in [1.82, 2.24) is 5.32 Å². The Morgan fingerprint density at radius 2 is 2.00 bits per heavy atom. The van der Waals surface area contributed by atoms with Crippen molar-refractivity contribution < 1.29 is 4.74 Å². The van der Waals surface area contributed by atoms with Gasteiger partial charge in [0.25, 0.3) is 0 Å². The van der Waals surface area contributed by atoms with Gasteiger partial charge in [-0.2, -0.15) is 0 Å². The van der Waals surface area contributed by atoms with Gasteiger partial charge in [0.1, 0.15) is 0 Å². The van der Waals surface area contributed by atoms with Gasteiger partial charge in [-0.15, -0.1) is 0 Å². The lowest BCUT2D eigenvalue weighted by atomic mass is 9.91.